The van der Waals surface area contributed by atoms with E-state index in [1.54, 1.807) is 0 Å². The fourth-order valence-corrected chi connectivity index (χ4v) is 20.7. The van der Waals surface area contributed by atoms with E-state index in [2.05, 4.69) is 155 Å². The van der Waals surface area contributed by atoms with E-state index in [0.29, 0.717) is 59.7 Å². The molecular weight excluding hydrogens is 697 g/mol. The Morgan fingerprint density at radius 2 is 0.593 bits per heavy atom. The van der Waals surface area contributed by atoms with Crippen LogP contribution < -0.4 is 18.9 Å². The van der Waals surface area contributed by atoms with Crippen molar-refractivity contribution in [3.05, 3.63) is 59.7 Å². The fraction of sp³-hybridized carbons (Fsp3) is 0.458. The molecule has 0 saturated carbocycles. The summed E-state index contributed by atoms with van der Waals surface area (Å²) in [5.41, 5.74) is 13.5. The summed E-state index contributed by atoms with van der Waals surface area (Å²) in [6, 6.07) is 17.9. The van der Waals surface area contributed by atoms with Gasteiger partial charge in [0.25, 0.3) is 0 Å². The Hall–Kier alpha value is -4.11. The summed E-state index contributed by atoms with van der Waals surface area (Å²) in [7, 11) is -4.16. The molecule has 0 aromatic heterocycles. The summed E-state index contributed by atoms with van der Waals surface area (Å²) >= 11 is 0. The van der Waals surface area contributed by atoms with Gasteiger partial charge in [-0.25, -0.2) is 0 Å². The van der Waals surface area contributed by atoms with E-state index in [4.69, 9.17) is 18.9 Å². The second-order valence-corrected chi connectivity index (χ2v) is 28.7. The van der Waals surface area contributed by atoms with Crippen molar-refractivity contribution in [3.63, 3.8) is 0 Å². The first kappa shape index (κ1) is 38.2. The van der Waals surface area contributed by atoms with Gasteiger partial charge in [0.1, 0.15) is 42.6 Å². The molecule has 0 saturated heterocycles. The van der Waals surface area contributed by atoms with Crippen molar-refractivity contribution in [1.82, 2.24) is 0 Å². The van der Waals surface area contributed by atoms with E-state index < -0.39 is 16.1 Å². The molecule has 7 rings (SSSR count). The van der Waals surface area contributed by atoms with Crippen LogP contribution in [-0.4, -0.2) is 42.6 Å². The van der Waals surface area contributed by atoms with Crippen molar-refractivity contribution >= 4 is 59.2 Å². The predicted octanol–water partition coefficient (Wildman–Crippen LogP) is 13.0. The van der Waals surface area contributed by atoms with Gasteiger partial charge in [-0.05, 0) is 125 Å². The third kappa shape index (κ3) is 6.24. The number of ether oxygens (including phenoxy) is 4. The van der Waals surface area contributed by atoms with Crippen LogP contribution in [0.3, 0.4) is 0 Å². The summed E-state index contributed by atoms with van der Waals surface area (Å²) in [6.07, 6.45) is 0. The van der Waals surface area contributed by atoms with Gasteiger partial charge in [-0.2, -0.15) is 0 Å². The van der Waals surface area contributed by atoms with Crippen molar-refractivity contribution in [2.75, 3.05) is 26.4 Å². The van der Waals surface area contributed by atoms with Gasteiger partial charge < -0.3 is 18.9 Å². The van der Waals surface area contributed by atoms with Crippen LogP contribution in [0.2, 0.25) is 33.2 Å². The van der Waals surface area contributed by atoms with Crippen LogP contribution in [0.1, 0.15) is 94.2 Å². The topological polar surface area (TPSA) is 36.9 Å². The first-order valence-electron chi connectivity index (χ1n) is 20.3. The van der Waals surface area contributed by atoms with Gasteiger partial charge >= 0.3 is 0 Å². The molecule has 6 heteroatoms. The van der Waals surface area contributed by atoms with Gasteiger partial charge in [-0.15, -0.1) is 11.1 Å². The Balaban J connectivity index is 1.68. The minimum absolute atomic E-state index is 0.517. The van der Waals surface area contributed by atoms with Gasteiger partial charge in [0, 0.05) is 11.1 Å². The highest BCUT2D eigenvalue weighted by atomic mass is 28.3. The van der Waals surface area contributed by atoms with Gasteiger partial charge in [-0.3, -0.25) is 0 Å². The number of hydrogen-bond donors (Lipinski definition) is 0. The lowest BCUT2D eigenvalue weighted by molar-refractivity contribution is 0.172. The monoisotopic (exact) mass is 754 g/mol. The third-order valence-electron chi connectivity index (χ3n) is 12.9. The molecule has 282 valence electrons. The lowest BCUT2D eigenvalue weighted by Crippen LogP contribution is -2.43. The molecule has 0 bridgehead atoms. The maximum absolute atomic E-state index is 6.09. The lowest BCUT2D eigenvalue weighted by Gasteiger charge is -2.38. The number of fused-ring (bicyclic) bond motifs is 6. The fourth-order valence-electron chi connectivity index (χ4n) is 10.3. The van der Waals surface area contributed by atoms with E-state index in [1.165, 1.54) is 0 Å². The number of benzene rings is 5. The molecule has 0 N–H and O–H groups in total. The summed E-state index contributed by atoms with van der Waals surface area (Å²) in [5, 5.41) is 9.03. The molecule has 2 aliphatic rings. The molecule has 0 spiro atoms. The highest BCUT2D eigenvalue weighted by molar-refractivity contribution is 6.91. The zero-order valence-electron chi connectivity index (χ0n) is 34.5. The average Bonchev–Trinajstić information content (AvgIpc) is 3.11. The molecule has 0 atom stereocenters. The Bertz CT molecular complexity index is 2070. The lowest BCUT2D eigenvalue weighted by atomic mass is 9.88. The molecule has 0 aliphatic carbocycles. The van der Waals surface area contributed by atoms with Gasteiger partial charge in [0.2, 0.25) is 0 Å². The molecule has 0 radical (unpaired) electrons. The van der Waals surface area contributed by atoms with Crippen molar-refractivity contribution in [2.24, 2.45) is 0 Å². The Morgan fingerprint density at radius 1 is 0.370 bits per heavy atom. The zero-order chi connectivity index (χ0) is 38.7. The van der Waals surface area contributed by atoms with E-state index in [0.717, 1.165) is 77.2 Å². The molecule has 54 heavy (non-hydrogen) atoms. The van der Waals surface area contributed by atoms with Gasteiger partial charge in [-0.1, -0.05) is 94.9 Å². The summed E-state index contributed by atoms with van der Waals surface area (Å²) in [5.74, 6) is 11.2. The van der Waals surface area contributed by atoms with Crippen molar-refractivity contribution < 1.29 is 18.9 Å². The third-order valence-corrected chi connectivity index (χ3v) is 25.5. The summed E-state index contributed by atoms with van der Waals surface area (Å²) < 4.78 is 24.4. The van der Waals surface area contributed by atoms with E-state index in [-0.39, 0.29) is 0 Å². The quantitative estimate of drug-likeness (QED) is 0.0983. The number of rotatable bonds is 6. The highest BCUT2D eigenvalue weighted by Gasteiger charge is 2.43. The van der Waals surface area contributed by atoms with Crippen LogP contribution in [0, 0.1) is 22.9 Å². The summed E-state index contributed by atoms with van der Waals surface area (Å²) in [4.78, 5) is 0. The first-order chi connectivity index (χ1) is 25.7. The van der Waals surface area contributed by atoms with Gasteiger partial charge in [0.15, 0.2) is 23.0 Å². The van der Waals surface area contributed by atoms with E-state index >= 15 is 0 Å². The van der Waals surface area contributed by atoms with Crippen LogP contribution in [0.5, 0.6) is 23.0 Å². The van der Waals surface area contributed by atoms with Crippen LogP contribution >= 0.6 is 0 Å². The maximum Gasteiger partial charge on any atom is 0.161 e. The van der Waals surface area contributed by atoms with Crippen LogP contribution in [0.25, 0.3) is 43.1 Å². The second kappa shape index (κ2) is 14.5. The largest absolute Gasteiger partial charge is 0.486 e. The zero-order valence-corrected chi connectivity index (χ0v) is 36.5. The first-order valence-corrected chi connectivity index (χ1v) is 24.7. The van der Waals surface area contributed by atoms with Crippen LogP contribution in [0.4, 0.5) is 0 Å². The summed E-state index contributed by atoms with van der Waals surface area (Å²) in [6.45, 7) is 30.9. The van der Waals surface area contributed by atoms with E-state index in [9.17, 15) is 0 Å². The SMILES string of the molecule is CC(C)[Si](C#Cc1c2cc3cc4c(cc3cc2c(C#C[Si](C(C)C)(C(C)C)C(C)C)c2cc3cc5c(cc3cc12)OCCO5)OCCO4)(C(C)C)C(C)C. The van der Waals surface area contributed by atoms with Crippen molar-refractivity contribution in [2.45, 2.75) is 116 Å². The predicted molar refractivity (Wildman–Crippen MR) is 234 cm³/mol. The van der Waals surface area contributed by atoms with Crippen LogP contribution in [-0.2, 0) is 0 Å². The standard InChI is InChI=1S/C48H58O4Si2/c1-29(2)53(30(3)4,31(5)6)19-13-39-41-21-35-25-45-47(51-17-15-49-45)27-37(35)23-43(41)40(14-20-54(32(7)8,33(9)10)34(11)12)44-24-38-28-48-46(50-16-18-52-48)26-36(38)22-42(39)44/h21-34H,15-18H2,1-12H3. The highest BCUT2D eigenvalue weighted by Crippen LogP contribution is 2.45. The van der Waals surface area contributed by atoms with Crippen LogP contribution in [0.15, 0.2) is 48.5 Å². The molecular formula is C48H58O4Si2. The molecule has 5 aromatic rings. The molecule has 5 aromatic carbocycles. The Morgan fingerprint density at radius 3 is 0.796 bits per heavy atom. The second-order valence-electron chi connectivity index (χ2n) is 17.5. The smallest absolute Gasteiger partial charge is 0.161 e. The molecule has 2 aliphatic heterocycles. The van der Waals surface area contributed by atoms with Gasteiger partial charge in [0.05, 0.1) is 0 Å². The Kier molecular flexibility index (Phi) is 10.3. The van der Waals surface area contributed by atoms with Crippen molar-refractivity contribution in [1.29, 1.82) is 0 Å². The molecule has 4 nitrogen and oxygen atoms in total. The van der Waals surface area contributed by atoms with Crippen molar-refractivity contribution in [3.8, 4) is 45.9 Å². The average molecular weight is 755 g/mol. The van der Waals surface area contributed by atoms with E-state index in [1.807, 2.05) is 0 Å². The minimum atomic E-state index is -2.08. The Labute approximate surface area is 325 Å². The molecule has 0 fully saturated rings. The molecule has 0 unspecified atom stereocenters. The number of hydrogen-bond acceptors (Lipinski definition) is 4. The molecule has 2 heterocycles. The maximum atomic E-state index is 6.09. The normalized spacial score (nSPS) is 14.6. The molecule has 0 amide bonds. The minimum Gasteiger partial charge on any atom is -0.486 e.